The van der Waals surface area contributed by atoms with Crippen LogP contribution in [0.1, 0.15) is 38.2 Å². The minimum atomic E-state index is -0.160. The highest BCUT2D eigenvalue weighted by atomic mass is 127. The number of rotatable bonds is 8. The fraction of sp³-hybridized carbons (Fsp3) is 0.652. The highest BCUT2D eigenvalue weighted by molar-refractivity contribution is 14.0. The molecule has 1 amide bonds. The molecule has 2 heterocycles. The minimum absolute atomic E-state index is 0. The molecular formula is C23H39IN6O. The minimum Gasteiger partial charge on any atom is -0.369 e. The molecular weight excluding hydrogens is 503 g/mol. The highest BCUT2D eigenvalue weighted by Gasteiger charge is 2.24. The zero-order valence-electron chi connectivity index (χ0n) is 19.0. The second-order valence-corrected chi connectivity index (χ2v) is 8.57. The van der Waals surface area contributed by atoms with Gasteiger partial charge in [0.15, 0.2) is 5.96 Å². The van der Waals surface area contributed by atoms with Gasteiger partial charge in [0, 0.05) is 44.5 Å². The van der Waals surface area contributed by atoms with Gasteiger partial charge in [-0.3, -0.25) is 9.79 Å². The van der Waals surface area contributed by atoms with E-state index >= 15 is 0 Å². The van der Waals surface area contributed by atoms with Gasteiger partial charge in [-0.1, -0.05) is 17.7 Å². The molecule has 0 radical (unpaired) electrons. The number of hydrogen-bond donors (Lipinski definition) is 3. The molecule has 1 aromatic rings. The van der Waals surface area contributed by atoms with Crippen molar-refractivity contribution < 1.29 is 4.79 Å². The van der Waals surface area contributed by atoms with Crippen LogP contribution in [0.25, 0.3) is 0 Å². The molecule has 8 heteroatoms. The molecule has 2 saturated heterocycles. The average Bonchev–Trinajstić information content (AvgIpc) is 3.20. The Hall–Kier alpha value is -1.55. The van der Waals surface area contributed by atoms with Crippen molar-refractivity contribution in [2.75, 3.05) is 50.7 Å². The smallest absolute Gasteiger partial charge is 0.221 e. The predicted octanol–water partition coefficient (Wildman–Crippen LogP) is 2.33. The summed E-state index contributed by atoms with van der Waals surface area (Å²) in [5, 5.41) is 6.99. The van der Waals surface area contributed by atoms with Crippen molar-refractivity contribution in [3.05, 3.63) is 29.8 Å². The number of anilines is 1. The van der Waals surface area contributed by atoms with Gasteiger partial charge >= 0.3 is 0 Å². The Morgan fingerprint density at radius 2 is 1.97 bits per heavy atom. The summed E-state index contributed by atoms with van der Waals surface area (Å²) in [6.45, 7) is 10.7. The van der Waals surface area contributed by atoms with E-state index in [-0.39, 0.29) is 35.8 Å². The van der Waals surface area contributed by atoms with Crippen LogP contribution in [0, 0.1) is 12.8 Å². The Labute approximate surface area is 204 Å². The number of piperidine rings is 1. The normalized spacial score (nSPS) is 22.1. The third-order valence-electron chi connectivity index (χ3n) is 6.08. The fourth-order valence-corrected chi connectivity index (χ4v) is 4.36. The maximum atomic E-state index is 11.4. The van der Waals surface area contributed by atoms with Crippen molar-refractivity contribution in [3.63, 3.8) is 0 Å². The summed E-state index contributed by atoms with van der Waals surface area (Å²) in [4.78, 5) is 21.0. The van der Waals surface area contributed by atoms with E-state index in [1.807, 2.05) is 0 Å². The molecule has 7 nitrogen and oxygen atoms in total. The van der Waals surface area contributed by atoms with Gasteiger partial charge in [-0.15, -0.1) is 24.0 Å². The second-order valence-electron chi connectivity index (χ2n) is 8.57. The van der Waals surface area contributed by atoms with Crippen LogP contribution in [0.15, 0.2) is 29.3 Å². The number of carbonyl (C=O) groups excluding carboxylic acids is 1. The fourth-order valence-electron chi connectivity index (χ4n) is 4.36. The van der Waals surface area contributed by atoms with Crippen molar-refractivity contribution >= 4 is 41.5 Å². The number of likely N-dealkylation sites (tertiary alicyclic amines) is 1. The standard InChI is InChI=1S/C23H38N6O.HI/c1-3-25-23(26-12-5-14-28-13-4-6-19(16-28)22(24)30)27-20-11-15-29(17-20)21-9-7-18(2)8-10-21;/h7-10,19-20H,3-6,11-17H2,1-2H3,(H2,24,30)(H2,25,26,27);1H. The third-order valence-corrected chi connectivity index (χ3v) is 6.08. The van der Waals surface area contributed by atoms with Gasteiger partial charge in [-0.05, 0) is 64.8 Å². The van der Waals surface area contributed by atoms with E-state index in [4.69, 9.17) is 10.7 Å². The molecule has 174 valence electrons. The summed E-state index contributed by atoms with van der Waals surface area (Å²) in [6.07, 6.45) is 4.09. The van der Waals surface area contributed by atoms with E-state index in [1.54, 1.807) is 0 Å². The van der Waals surface area contributed by atoms with Crippen molar-refractivity contribution in [2.45, 2.75) is 45.6 Å². The van der Waals surface area contributed by atoms with Gasteiger partial charge in [0.2, 0.25) is 5.91 Å². The first kappa shape index (κ1) is 25.7. The number of nitrogens with one attached hydrogen (secondary N) is 2. The first-order chi connectivity index (χ1) is 14.5. The molecule has 0 saturated carbocycles. The number of halogens is 1. The van der Waals surface area contributed by atoms with Crippen LogP contribution in [0.4, 0.5) is 5.69 Å². The highest BCUT2D eigenvalue weighted by Crippen LogP contribution is 2.20. The molecule has 2 unspecified atom stereocenters. The molecule has 0 bridgehead atoms. The van der Waals surface area contributed by atoms with E-state index in [2.05, 4.69) is 58.5 Å². The lowest BCUT2D eigenvalue weighted by atomic mass is 9.97. The summed E-state index contributed by atoms with van der Waals surface area (Å²) in [5.74, 6) is 0.759. The lowest BCUT2D eigenvalue weighted by molar-refractivity contribution is -0.123. The maximum absolute atomic E-state index is 11.4. The van der Waals surface area contributed by atoms with Crippen LogP contribution in [0.3, 0.4) is 0 Å². The number of carbonyl (C=O) groups is 1. The summed E-state index contributed by atoms with van der Waals surface area (Å²) < 4.78 is 0. The average molecular weight is 543 g/mol. The number of amides is 1. The molecule has 1 aromatic carbocycles. The van der Waals surface area contributed by atoms with Crippen molar-refractivity contribution in [1.29, 1.82) is 0 Å². The first-order valence-electron chi connectivity index (χ1n) is 11.4. The molecule has 0 aromatic heterocycles. The zero-order valence-corrected chi connectivity index (χ0v) is 21.3. The van der Waals surface area contributed by atoms with E-state index < -0.39 is 0 Å². The SMILES string of the molecule is CCNC(=NCCCN1CCCC(C(N)=O)C1)NC1CCN(c2ccc(C)cc2)C1.I. The lowest BCUT2D eigenvalue weighted by Gasteiger charge is -2.30. The van der Waals surface area contributed by atoms with E-state index in [1.165, 1.54) is 11.3 Å². The Bertz CT molecular complexity index is 711. The number of nitrogens with zero attached hydrogens (tertiary/aromatic N) is 3. The number of benzene rings is 1. The molecule has 2 fully saturated rings. The summed E-state index contributed by atoms with van der Waals surface area (Å²) in [7, 11) is 0. The Morgan fingerprint density at radius 1 is 1.19 bits per heavy atom. The van der Waals surface area contributed by atoms with E-state index in [0.717, 1.165) is 77.5 Å². The van der Waals surface area contributed by atoms with Crippen LogP contribution in [-0.2, 0) is 4.79 Å². The zero-order chi connectivity index (χ0) is 21.3. The number of primary amides is 1. The molecule has 2 aliphatic rings. The Balaban J connectivity index is 0.00000341. The van der Waals surface area contributed by atoms with Crippen molar-refractivity contribution in [2.24, 2.45) is 16.6 Å². The quantitative estimate of drug-likeness (QED) is 0.203. The van der Waals surface area contributed by atoms with Gasteiger partial charge < -0.3 is 26.2 Å². The molecule has 2 aliphatic heterocycles. The molecule has 31 heavy (non-hydrogen) atoms. The number of nitrogens with two attached hydrogens (primary N) is 1. The number of aryl methyl sites for hydroxylation is 1. The largest absolute Gasteiger partial charge is 0.369 e. The molecule has 0 aliphatic carbocycles. The van der Waals surface area contributed by atoms with Crippen LogP contribution in [0.5, 0.6) is 0 Å². The summed E-state index contributed by atoms with van der Waals surface area (Å²) in [5.41, 5.74) is 8.07. The molecule has 3 rings (SSSR count). The van der Waals surface area contributed by atoms with Crippen LogP contribution < -0.4 is 21.3 Å². The lowest BCUT2D eigenvalue weighted by Crippen LogP contribution is -2.45. The maximum Gasteiger partial charge on any atom is 0.221 e. The van der Waals surface area contributed by atoms with Crippen molar-refractivity contribution in [3.8, 4) is 0 Å². The number of guanidine groups is 1. The topological polar surface area (TPSA) is 86.0 Å². The Morgan fingerprint density at radius 3 is 2.68 bits per heavy atom. The molecule has 0 spiro atoms. The van der Waals surface area contributed by atoms with Crippen LogP contribution in [0.2, 0.25) is 0 Å². The first-order valence-corrected chi connectivity index (χ1v) is 11.4. The van der Waals surface area contributed by atoms with Gasteiger partial charge in [0.05, 0.1) is 5.92 Å². The predicted molar refractivity (Wildman–Crippen MR) is 139 cm³/mol. The monoisotopic (exact) mass is 542 g/mol. The van der Waals surface area contributed by atoms with Gasteiger partial charge in [-0.2, -0.15) is 0 Å². The second kappa shape index (κ2) is 13.1. The van der Waals surface area contributed by atoms with Crippen LogP contribution >= 0.6 is 24.0 Å². The van der Waals surface area contributed by atoms with Gasteiger partial charge in [-0.25, -0.2) is 0 Å². The number of hydrogen-bond acceptors (Lipinski definition) is 4. The number of aliphatic imine (C=N–C) groups is 1. The molecule has 4 N–H and O–H groups in total. The molecule has 2 atom stereocenters. The van der Waals surface area contributed by atoms with Gasteiger partial charge in [0.1, 0.15) is 0 Å². The summed E-state index contributed by atoms with van der Waals surface area (Å²) in [6, 6.07) is 9.17. The van der Waals surface area contributed by atoms with E-state index in [0.29, 0.717) is 6.04 Å². The Kier molecular flexibility index (Phi) is 10.9. The third kappa shape index (κ3) is 8.14. The van der Waals surface area contributed by atoms with E-state index in [9.17, 15) is 4.79 Å². The van der Waals surface area contributed by atoms with Gasteiger partial charge in [0.25, 0.3) is 0 Å². The van der Waals surface area contributed by atoms with Crippen LogP contribution in [-0.4, -0.2) is 68.6 Å². The summed E-state index contributed by atoms with van der Waals surface area (Å²) >= 11 is 0. The van der Waals surface area contributed by atoms with Crippen molar-refractivity contribution in [1.82, 2.24) is 15.5 Å².